The Kier molecular flexibility index (Phi) is 14.1. The van der Waals surface area contributed by atoms with E-state index in [1.165, 1.54) is 75.2 Å². The minimum absolute atomic E-state index is 0.0366. The van der Waals surface area contributed by atoms with Gasteiger partial charge in [0.1, 0.15) is 0 Å². The Labute approximate surface area is 233 Å². The first-order valence-corrected chi connectivity index (χ1v) is 22.1. The summed E-state index contributed by atoms with van der Waals surface area (Å²) in [5, 5.41) is 0. The molecule has 2 aromatic rings. The molecule has 2 rings (SSSR count). The summed E-state index contributed by atoms with van der Waals surface area (Å²) >= 11 is 0. The molecule has 214 valence electrons. The fourth-order valence-corrected chi connectivity index (χ4v) is 18.9. The Morgan fingerprint density at radius 2 is 1.34 bits per heavy atom. The summed E-state index contributed by atoms with van der Waals surface area (Å²) in [7, 11) is -2.09. The molecule has 1 heterocycles. The van der Waals surface area contributed by atoms with Crippen LogP contribution in [-0.2, 0) is 6.42 Å². The maximum absolute atomic E-state index is 14.8. The van der Waals surface area contributed by atoms with Crippen molar-refractivity contribution in [3.8, 4) is 17.1 Å². The monoisotopic (exact) mass is 562 g/mol. The van der Waals surface area contributed by atoms with E-state index < -0.39 is 27.8 Å². The average molecular weight is 563 g/mol. The Bertz CT molecular complexity index is 946. The number of nitrogens with zero attached hydrogens (tertiary/aromatic N) is 2. The quantitative estimate of drug-likeness (QED) is 0.126. The Hall–Kier alpha value is -1.61. The van der Waals surface area contributed by atoms with Crippen LogP contribution in [0.4, 0.5) is 8.78 Å². The van der Waals surface area contributed by atoms with Crippen molar-refractivity contribution >= 4 is 16.1 Å². The standard InChI is InChI=1S/C31H52F2N2OSi2/c1-7-8-9-10-11-12-15-18-26-23-34-31(35-24-26)27-19-20-28(30(33)29(27)32)36-21-16-13-14-17-22-38(5,6)25-37(2,3)4/h19-20,23-24H,7-18,21-22,25H2,1-6H3. The number of benzene rings is 1. The molecule has 0 spiro atoms. The molecule has 7 heteroatoms. The number of unbranched alkanes of at least 4 members (excludes halogenated alkanes) is 9. The normalized spacial score (nSPS) is 12.2. The van der Waals surface area contributed by atoms with E-state index in [1.54, 1.807) is 12.4 Å². The maximum atomic E-state index is 14.8. The minimum atomic E-state index is -1.09. The molecule has 0 aliphatic rings. The molecule has 0 amide bonds. The summed E-state index contributed by atoms with van der Waals surface area (Å²) in [6, 6.07) is 4.39. The Morgan fingerprint density at radius 1 is 0.737 bits per heavy atom. The SMILES string of the molecule is CCCCCCCCCc1cnc(-c2ccc(OCCCCCC[Si](C)(C)C[Si](C)(C)C)c(F)c2F)nc1. The van der Waals surface area contributed by atoms with Crippen LogP contribution in [-0.4, -0.2) is 32.7 Å². The summed E-state index contributed by atoms with van der Waals surface area (Å²) in [6.45, 7) is 15.1. The highest BCUT2D eigenvalue weighted by atomic mass is 28.4. The third kappa shape index (κ3) is 12.5. The zero-order valence-electron chi connectivity index (χ0n) is 25.0. The van der Waals surface area contributed by atoms with E-state index in [2.05, 4.69) is 49.6 Å². The number of hydrogen-bond donors (Lipinski definition) is 0. The number of rotatable bonds is 19. The summed E-state index contributed by atoms with van der Waals surface area (Å²) in [6.07, 6.45) is 17.5. The Balaban J connectivity index is 1.74. The van der Waals surface area contributed by atoms with Gasteiger partial charge in [-0.2, -0.15) is 4.39 Å². The van der Waals surface area contributed by atoms with E-state index in [0.29, 0.717) is 6.61 Å². The van der Waals surface area contributed by atoms with E-state index in [-0.39, 0.29) is 17.1 Å². The van der Waals surface area contributed by atoms with Gasteiger partial charge in [-0.15, -0.1) is 0 Å². The van der Waals surface area contributed by atoms with Gasteiger partial charge in [-0.25, -0.2) is 14.4 Å². The van der Waals surface area contributed by atoms with Gasteiger partial charge in [-0.3, -0.25) is 0 Å². The summed E-state index contributed by atoms with van der Waals surface area (Å²) in [4.78, 5) is 8.61. The molecular weight excluding hydrogens is 511 g/mol. The fraction of sp³-hybridized carbons (Fsp3) is 0.677. The van der Waals surface area contributed by atoms with Crippen LogP contribution in [0.15, 0.2) is 24.5 Å². The van der Waals surface area contributed by atoms with Crippen molar-refractivity contribution < 1.29 is 13.5 Å². The van der Waals surface area contributed by atoms with Crippen LogP contribution in [0.2, 0.25) is 44.4 Å². The molecule has 38 heavy (non-hydrogen) atoms. The van der Waals surface area contributed by atoms with E-state index in [4.69, 9.17) is 4.74 Å². The number of halogens is 2. The third-order valence-electron chi connectivity index (χ3n) is 7.08. The third-order valence-corrected chi connectivity index (χ3v) is 16.9. The molecule has 0 atom stereocenters. The summed E-state index contributed by atoms with van der Waals surface area (Å²) in [5.74, 6) is -1.74. The van der Waals surface area contributed by atoms with Crippen LogP contribution >= 0.6 is 0 Å². The van der Waals surface area contributed by atoms with Crippen molar-refractivity contribution in [1.82, 2.24) is 9.97 Å². The van der Waals surface area contributed by atoms with Crippen molar-refractivity contribution in [3.05, 3.63) is 41.7 Å². The van der Waals surface area contributed by atoms with Gasteiger partial charge in [0.05, 0.1) is 12.2 Å². The highest BCUT2D eigenvalue weighted by molar-refractivity contribution is 6.94. The summed E-state index contributed by atoms with van der Waals surface area (Å²) < 4.78 is 35.1. The molecule has 0 unspecified atom stereocenters. The molecule has 0 aliphatic heterocycles. The van der Waals surface area contributed by atoms with Crippen LogP contribution in [0, 0.1) is 11.6 Å². The van der Waals surface area contributed by atoms with Crippen LogP contribution in [0.5, 0.6) is 5.75 Å². The van der Waals surface area contributed by atoms with E-state index in [0.717, 1.165) is 31.2 Å². The zero-order chi connectivity index (χ0) is 28.0. The van der Waals surface area contributed by atoms with Crippen molar-refractivity contribution in [2.45, 2.75) is 128 Å². The molecular formula is C31H52F2N2OSi2. The van der Waals surface area contributed by atoms with E-state index >= 15 is 0 Å². The average Bonchev–Trinajstić information content (AvgIpc) is 2.84. The smallest absolute Gasteiger partial charge is 0.201 e. The first-order chi connectivity index (χ1) is 18.0. The highest BCUT2D eigenvalue weighted by Gasteiger charge is 2.27. The highest BCUT2D eigenvalue weighted by Crippen LogP contribution is 2.29. The number of aromatic nitrogens is 2. The number of hydrogen-bond acceptors (Lipinski definition) is 3. The zero-order valence-corrected chi connectivity index (χ0v) is 27.0. The van der Waals surface area contributed by atoms with Gasteiger partial charge < -0.3 is 4.74 Å². The number of aryl methyl sites for hydroxylation is 1. The molecule has 1 aromatic heterocycles. The fourth-order valence-electron chi connectivity index (χ4n) is 5.49. The van der Waals surface area contributed by atoms with Crippen LogP contribution in [0.25, 0.3) is 11.4 Å². The first kappa shape index (κ1) is 32.6. The largest absolute Gasteiger partial charge is 0.490 e. The predicted octanol–water partition coefficient (Wildman–Crippen LogP) is 10.2. The lowest BCUT2D eigenvalue weighted by Crippen LogP contribution is -2.37. The second-order valence-electron chi connectivity index (χ2n) is 12.9. The van der Waals surface area contributed by atoms with Crippen LogP contribution < -0.4 is 4.74 Å². The molecule has 0 N–H and O–H groups in total. The van der Waals surface area contributed by atoms with Gasteiger partial charge >= 0.3 is 0 Å². The first-order valence-electron chi connectivity index (χ1n) is 14.9. The molecule has 0 saturated heterocycles. The topological polar surface area (TPSA) is 35.0 Å². The van der Waals surface area contributed by atoms with Gasteiger partial charge in [0.2, 0.25) is 5.82 Å². The lowest BCUT2D eigenvalue weighted by molar-refractivity contribution is 0.285. The van der Waals surface area contributed by atoms with Crippen LogP contribution in [0.1, 0.15) is 83.1 Å². The molecule has 0 aliphatic carbocycles. The van der Waals surface area contributed by atoms with E-state index in [1.807, 2.05) is 0 Å². The van der Waals surface area contributed by atoms with Gasteiger partial charge in [0, 0.05) is 28.5 Å². The second kappa shape index (κ2) is 16.5. The molecule has 0 fully saturated rings. The van der Waals surface area contributed by atoms with E-state index in [9.17, 15) is 8.78 Å². The second-order valence-corrected chi connectivity index (χ2v) is 24.3. The lowest BCUT2D eigenvalue weighted by Gasteiger charge is -2.29. The van der Waals surface area contributed by atoms with Crippen molar-refractivity contribution in [2.75, 3.05) is 6.61 Å². The molecule has 3 nitrogen and oxygen atoms in total. The maximum Gasteiger partial charge on any atom is 0.201 e. The van der Waals surface area contributed by atoms with Gasteiger partial charge in [0.15, 0.2) is 17.4 Å². The van der Waals surface area contributed by atoms with Crippen molar-refractivity contribution in [1.29, 1.82) is 0 Å². The molecule has 0 saturated carbocycles. The lowest BCUT2D eigenvalue weighted by atomic mass is 10.1. The molecule has 0 bridgehead atoms. The van der Waals surface area contributed by atoms with Crippen molar-refractivity contribution in [3.63, 3.8) is 0 Å². The molecule has 0 radical (unpaired) electrons. The van der Waals surface area contributed by atoms with Gasteiger partial charge in [-0.1, -0.05) is 109 Å². The minimum Gasteiger partial charge on any atom is -0.490 e. The van der Waals surface area contributed by atoms with Gasteiger partial charge in [0.25, 0.3) is 0 Å². The molecule has 1 aromatic carbocycles. The van der Waals surface area contributed by atoms with Crippen LogP contribution in [0.3, 0.4) is 0 Å². The summed E-state index contributed by atoms with van der Waals surface area (Å²) in [5.41, 5.74) is 2.59. The number of ether oxygens (including phenoxy) is 1. The Morgan fingerprint density at radius 3 is 2.00 bits per heavy atom. The van der Waals surface area contributed by atoms with Gasteiger partial charge in [-0.05, 0) is 37.0 Å². The predicted molar refractivity (Wildman–Crippen MR) is 163 cm³/mol. The van der Waals surface area contributed by atoms with Crippen molar-refractivity contribution in [2.24, 2.45) is 0 Å².